The van der Waals surface area contributed by atoms with Gasteiger partial charge in [-0.2, -0.15) is 0 Å². The summed E-state index contributed by atoms with van der Waals surface area (Å²) < 4.78 is 0. The molecule has 1 aromatic carbocycles. The quantitative estimate of drug-likeness (QED) is 0.818. The molecule has 2 heterocycles. The van der Waals surface area contributed by atoms with Crippen molar-refractivity contribution in [3.63, 3.8) is 0 Å². The van der Waals surface area contributed by atoms with E-state index < -0.39 is 0 Å². The molecule has 2 atom stereocenters. The van der Waals surface area contributed by atoms with Crippen LogP contribution in [-0.2, 0) is 0 Å². The number of piperidine rings is 1. The Balaban J connectivity index is 1.47. The van der Waals surface area contributed by atoms with Gasteiger partial charge in [-0.15, -0.1) is 0 Å². The summed E-state index contributed by atoms with van der Waals surface area (Å²) in [6.45, 7) is 6.12. The van der Waals surface area contributed by atoms with Crippen LogP contribution in [0.3, 0.4) is 0 Å². The molecule has 0 unspecified atom stereocenters. The maximum absolute atomic E-state index is 12.9. The first-order valence-corrected chi connectivity index (χ1v) is 9.82. The van der Waals surface area contributed by atoms with Crippen molar-refractivity contribution in [2.45, 2.75) is 45.4 Å². The van der Waals surface area contributed by atoms with E-state index in [1.165, 1.54) is 25.7 Å². The Morgan fingerprint density at radius 3 is 2.23 bits per heavy atom. The van der Waals surface area contributed by atoms with E-state index in [1.807, 2.05) is 36.7 Å². The predicted octanol–water partition coefficient (Wildman–Crippen LogP) is 4.53. The number of likely N-dealkylation sites (tertiary alicyclic amines) is 1. The van der Waals surface area contributed by atoms with Crippen LogP contribution >= 0.6 is 0 Å². The summed E-state index contributed by atoms with van der Waals surface area (Å²) >= 11 is 0. The summed E-state index contributed by atoms with van der Waals surface area (Å²) in [6, 6.07) is 7.76. The van der Waals surface area contributed by atoms with Crippen molar-refractivity contribution in [3.8, 4) is 11.4 Å². The SMILES string of the molecule is CC(C)c1cnc(-c2ccc(C(=O)N3C[C@@H]4CCC[C@@H](C4)C3)cc2)nc1. The maximum atomic E-state index is 12.9. The summed E-state index contributed by atoms with van der Waals surface area (Å²) in [5.74, 6) is 2.72. The van der Waals surface area contributed by atoms with E-state index >= 15 is 0 Å². The van der Waals surface area contributed by atoms with Gasteiger partial charge in [-0.1, -0.05) is 32.4 Å². The molecule has 2 bridgehead atoms. The van der Waals surface area contributed by atoms with E-state index in [-0.39, 0.29) is 5.91 Å². The minimum absolute atomic E-state index is 0.171. The fourth-order valence-corrected chi connectivity index (χ4v) is 4.33. The van der Waals surface area contributed by atoms with Crippen molar-refractivity contribution in [2.75, 3.05) is 13.1 Å². The monoisotopic (exact) mass is 349 g/mol. The Morgan fingerprint density at radius 1 is 1.04 bits per heavy atom. The van der Waals surface area contributed by atoms with E-state index in [0.29, 0.717) is 23.6 Å². The summed E-state index contributed by atoms with van der Waals surface area (Å²) in [5, 5.41) is 0. The molecule has 1 saturated heterocycles. The second kappa shape index (κ2) is 7.18. The molecule has 0 spiro atoms. The minimum Gasteiger partial charge on any atom is -0.338 e. The van der Waals surface area contributed by atoms with Crippen LogP contribution in [0.1, 0.15) is 61.4 Å². The van der Waals surface area contributed by atoms with Gasteiger partial charge in [0.05, 0.1) is 0 Å². The van der Waals surface area contributed by atoms with Crippen molar-refractivity contribution in [1.29, 1.82) is 0 Å². The van der Waals surface area contributed by atoms with Crippen LogP contribution in [0.4, 0.5) is 0 Å². The number of fused-ring (bicyclic) bond motifs is 2. The highest BCUT2D eigenvalue weighted by atomic mass is 16.2. The zero-order chi connectivity index (χ0) is 18.1. The molecule has 0 radical (unpaired) electrons. The molecule has 2 fully saturated rings. The molecule has 1 aliphatic heterocycles. The number of hydrogen-bond acceptors (Lipinski definition) is 3. The van der Waals surface area contributed by atoms with E-state index in [2.05, 4.69) is 28.7 Å². The van der Waals surface area contributed by atoms with Crippen LogP contribution in [0.2, 0.25) is 0 Å². The van der Waals surface area contributed by atoms with Crippen LogP contribution in [0.25, 0.3) is 11.4 Å². The maximum Gasteiger partial charge on any atom is 0.253 e. The van der Waals surface area contributed by atoms with Gasteiger partial charge in [-0.3, -0.25) is 4.79 Å². The number of nitrogens with zero attached hydrogens (tertiary/aromatic N) is 3. The van der Waals surface area contributed by atoms with E-state index in [4.69, 9.17) is 0 Å². The zero-order valence-corrected chi connectivity index (χ0v) is 15.7. The fraction of sp³-hybridized carbons (Fsp3) is 0.500. The van der Waals surface area contributed by atoms with Gasteiger partial charge in [0.25, 0.3) is 5.91 Å². The van der Waals surface area contributed by atoms with Gasteiger partial charge in [0.1, 0.15) is 0 Å². The lowest BCUT2D eigenvalue weighted by Gasteiger charge is -2.41. The lowest BCUT2D eigenvalue weighted by atomic mass is 9.78. The Labute approximate surface area is 155 Å². The van der Waals surface area contributed by atoms with E-state index in [0.717, 1.165) is 29.8 Å². The van der Waals surface area contributed by atoms with Crippen molar-refractivity contribution in [3.05, 3.63) is 47.8 Å². The molecular formula is C22H27N3O. The Kier molecular flexibility index (Phi) is 4.75. The van der Waals surface area contributed by atoms with Crippen LogP contribution in [0.5, 0.6) is 0 Å². The van der Waals surface area contributed by atoms with Crippen molar-refractivity contribution < 1.29 is 4.79 Å². The Bertz CT molecular complexity index is 755. The van der Waals surface area contributed by atoms with Gasteiger partial charge < -0.3 is 4.90 Å². The highest BCUT2D eigenvalue weighted by Gasteiger charge is 2.32. The summed E-state index contributed by atoms with van der Waals surface area (Å²) in [4.78, 5) is 23.9. The highest BCUT2D eigenvalue weighted by molar-refractivity contribution is 5.94. The fourth-order valence-electron chi connectivity index (χ4n) is 4.33. The van der Waals surface area contributed by atoms with Gasteiger partial charge in [-0.25, -0.2) is 9.97 Å². The molecule has 1 aromatic heterocycles. The molecule has 2 aromatic rings. The third kappa shape index (κ3) is 3.50. The standard InChI is InChI=1S/C22H27N3O/c1-15(2)20-11-23-21(24-12-20)18-6-8-19(9-7-18)22(26)25-13-16-4-3-5-17(10-16)14-25/h6-9,11-12,15-17H,3-5,10,13-14H2,1-2H3/t16-,17+. The molecule has 26 heavy (non-hydrogen) atoms. The first kappa shape index (κ1) is 17.2. The largest absolute Gasteiger partial charge is 0.338 e. The smallest absolute Gasteiger partial charge is 0.253 e. The minimum atomic E-state index is 0.171. The van der Waals surface area contributed by atoms with Crippen molar-refractivity contribution in [2.24, 2.45) is 11.8 Å². The van der Waals surface area contributed by atoms with Gasteiger partial charge in [0, 0.05) is 36.6 Å². The van der Waals surface area contributed by atoms with Crippen molar-refractivity contribution in [1.82, 2.24) is 14.9 Å². The van der Waals surface area contributed by atoms with Gasteiger partial charge in [0.15, 0.2) is 5.82 Å². The first-order valence-electron chi connectivity index (χ1n) is 9.82. The molecular weight excluding hydrogens is 322 g/mol. The number of rotatable bonds is 3. The molecule has 2 aliphatic rings. The molecule has 1 amide bonds. The van der Waals surface area contributed by atoms with Crippen LogP contribution in [0, 0.1) is 11.8 Å². The molecule has 136 valence electrons. The molecule has 1 saturated carbocycles. The van der Waals surface area contributed by atoms with Gasteiger partial charge in [0.2, 0.25) is 0 Å². The second-order valence-electron chi connectivity index (χ2n) is 8.18. The lowest BCUT2D eigenvalue weighted by Crippen LogP contribution is -2.45. The third-order valence-corrected chi connectivity index (χ3v) is 5.86. The van der Waals surface area contributed by atoms with Crippen LogP contribution in [-0.4, -0.2) is 33.9 Å². The summed E-state index contributed by atoms with van der Waals surface area (Å²) in [6.07, 6.45) is 8.98. The molecule has 0 N–H and O–H groups in total. The molecule has 4 heteroatoms. The number of hydrogen-bond donors (Lipinski definition) is 0. The predicted molar refractivity (Wildman–Crippen MR) is 103 cm³/mol. The number of carbonyl (C=O) groups is 1. The Morgan fingerprint density at radius 2 is 1.65 bits per heavy atom. The first-order chi connectivity index (χ1) is 12.6. The molecule has 4 nitrogen and oxygen atoms in total. The third-order valence-electron chi connectivity index (χ3n) is 5.86. The number of aromatic nitrogens is 2. The number of carbonyl (C=O) groups excluding carboxylic acids is 1. The zero-order valence-electron chi connectivity index (χ0n) is 15.7. The van der Waals surface area contributed by atoms with Gasteiger partial charge in [-0.05, 0) is 54.7 Å². The molecule has 1 aliphatic carbocycles. The average molecular weight is 349 g/mol. The highest BCUT2D eigenvalue weighted by Crippen LogP contribution is 2.34. The van der Waals surface area contributed by atoms with E-state index in [1.54, 1.807) is 0 Å². The number of benzene rings is 1. The van der Waals surface area contributed by atoms with Gasteiger partial charge >= 0.3 is 0 Å². The topological polar surface area (TPSA) is 46.1 Å². The summed E-state index contributed by atoms with van der Waals surface area (Å²) in [5.41, 5.74) is 2.86. The van der Waals surface area contributed by atoms with Crippen molar-refractivity contribution >= 4 is 5.91 Å². The lowest BCUT2D eigenvalue weighted by molar-refractivity contribution is 0.0504. The average Bonchev–Trinajstić information content (AvgIpc) is 2.67. The normalized spacial score (nSPS) is 22.5. The molecule has 4 rings (SSSR count). The summed E-state index contributed by atoms with van der Waals surface area (Å²) in [7, 11) is 0. The van der Waals surface area contributed by atoms with Crippen LogP contribution < -0.4 is 0 Å². The van der Waals surface area contributed by atoms with E-state index in [9.17, 15) is 4.79 Å². The van der Waals surface area contributed by atoms with Crippen LogP contribution in [0.15, 0.2) is 36.7 Å². The Hall–Kier alpha value is -2.23. The second-order valence-corrected chi connectivity index (χ2v) is 8.18. The number of amides is 1.